The molecule has 0 aromatic rings. The number of rotatable bonds is 1. The van der Waals surface area contributed by atoms with E-state index in [9.17, 15) is 8.78 Å². The zero-order valence-electron chi connectivity index (χ0n) is 6.41. The Morgan fingerprint density at radius 2 is 1.44 bits per heavy atom. The molecule has 0 aromatic heterocycles. The van der Waals surface area contributed by atoms with Crippen LogP contribution in [0.1, 0.15) is 27.7 Å². The summed E-state index contributed by atoms with van der Waals surface area (Å²) in [6.45, 7) is 7.04. The maximum atomic E-state index is 11.9. The molecule has 56 valence electrons. The minimum atomic E-state index is -2.19. The van der Waals surface area contributed by atoms with Crippen LogP contribution in [-0.2, 0) is 0 Å². The maximum Gasteiger partial charge on any atom is 0.241 e. The highest BCUT2D eigenvalue weighted by molar-refractivity contribution is 4.71. The molecule has 0 N–H and O–H groups in total. The average Bonchev–Trinajstić information content (AvgIpc) is 1.62. The van der Waals surface area contributed by atoms with Crippen LogP contribution in [0, 0.1) is 11.3 Å². The number of hydrogen-bond donors (Lipinski definition) is 0. The molecule has 9 heavy (non-hydrogen) atoms. The molecule has 0 aliphatic heterocycles. The van der Waals surface area contributed by atoms with Gasteiger partial charge in [-0.15, -0.1) is 0 Å². The van der Waals surface area contributed by atoms with Crippen molar-refractivity contribution in [3.8, 4) is 0 Å². The minimum Gasteiger partial charge on any atom is -0.210 e. The van der Waals surface area contributed by atoms with Crippen molar-refractivity contribution >= 4 is 0 Å². The Labute approximate surface area is 55.3 Å². The molecule has 0 bridgehead atoms. The Bertz CT molecular complexity index is 81.4. The van der Waals surface area contributed by atoms with Crippen molar-refractivity contribution in [2.24, 2.45) is 11.3 Å². The molecule has 0 fully saturated rings. The van der Waals surface area contributed by atoms with Crippen molar-refractivity contribution in [3.05, 3.63) is 0 Å². The molecule has 0 radical (unpaired) electrons. The second kappa shape index (κ2) is 2.63. The van der Waals surface area contributed by atoms with E-state index < -0.39 is 12.3 Å². The van der Waals surface area contributed by atoms with E-state index in [1.807, 2.05) is 20.8 Å². The fourth-order valence-corrected chi connectivity index (χ4v) is 0.378. The molecule has 0 spiro atoms. The van der Waals surface area contributed by atoms with Gasteiger partial charge in [-0.25, -0.2) is 8.78 Å². The Morgan fingerprint density at radius 1 is 1.11 bits per heavy atom. The quantitative estimate of drug-likeness (QED) is 0.520. The van der Waals surface area contributed by atoms with Gasteiger partial charge in [0, 0.05) is 5.92 Å². The number of halogens is 2. The Hall–Kier alpha value is -0.140. The van der Waals surface area contributed by atoms with Crippen molar-refractivity contribution in [1.82, 2.24) is 0 Å². The van der Waals surface area contributed by atoms with Gasteiger partial charge in [0.15, 0.2) is 0 Å². The second-order valence-corrected chi connectivity index (χ2v) is 3.49. The smallest absolute Gasteiger partial charge is 0.210 e. The number of hydrogen-bond acceptors (Lipinski definition) is 0. The molecule has 0 aliphatic carbocycles. The van der Waals surface area contributed by atoms with Gasteiger partial charge in [0.05, 0.1) is 0 Å². The van der Waals surface area contributed by atoms with Gasteiger partial charge in [-0.2, -0.15) is 0 Å². The van der Waals surface area contributed by atoms with Gasteiger partial charge in [0.1, 0.15) is 0 Å². The Balaban J connectivity index is 3.88. The van der Waals surface area contributed by atoms with E-state index in [4.69, 9.17) is 0 Å². The molecule has 0 aliphatic rings. The highest BCUT2D eigenvalue weighted by Crippen LogP contribution is 2.29. The first kappa shape index (κ1) is 8.86. The molecular formula is C7H14F2. The van der Waals surface area contributed by atoms with E-state index in [1.54, 1.807) is 6.92 Å². The standard InChI is InChI=1S/C7H14F2/c1-5(6(8)9)7(2,3)4/h5-6H,1-4H3. The van der Waals surface area contributed by atoms with Gasteiger partial charge >= 0.3 is 0 Å². The fraction of sp³-hybridized carbons (Fsp3) is 1.00. The van der Waals surface area contributed by atoms with E-state index in [0.29, 0.717) is 0 Å². The fourth-order valence-electron chi connectivity index (χ4n) is 0.378. The highest BCUT2D eigenvalue weighted by Gasteiger charge is 2.27. The van der Waals surface area contributed by atoms with E-state index in [0.717, 1.165) is 0 Å². The second-order valence-electron chi connectivity index (χ2n) is 3.49. The van der Waals surface area contributed by atoms with Crippen LogP contribution in [0.25, 0.3) is 0 Å². The molecule has 0 nitrogen and oxygen atoms in total. The largest absolute Gasteiger partial charge is 0.241 e. The monoisotopic (exact) mass is 136 g/mol. The van der Waals surface area contributed by atoms with Crippen molar-refractivity contribution in [2.75, 3.05) is 0 Å². The summed E-state index contributed by atoms with van der Waals surface area (Å²) >= 11 is 0. The van der Waals surface area contributed by atoms with Gasteiger partial charge in [-0.05, 0) is 5.41 Å². The third kappa shape index (κ3) is 2.78. The third-order valence-corrected chi connectivity index (χ3v) is 1.74. The topological polar surface area (TPSA) is 0 Å². The third-order valence-electron chi connectivity index (χ3n) is 1.74. The molecule has 0 aromatic carbocycles. The van der Waals surface area contributed by atoms with Crippen molar-refractivity contribution in [2.45, 2.75) is 34.1 Å². The van der Waals surface area contributed by atoms with Crippen LogP contribution < -0.4 is 0 Å². The summed E-state index contributed by atoms with van der Waals surface area (Å²) in [6, 6.07) is 0. The van der Waals surface area contributed by atoms with Crippen molar-refractivity contribution < 1.29 is 8.78 Å². The van der Waals surface area contributed by atoms with E-state index in [-0.39, 0.29) is 5.41 Å². The summed E-state index contributed by atoms with van der Waals surface area (Å²) in [5.41, 5.74) is -0.270. The minimum absolute atomic E-state index is 0.270. The van der Waals surface area contributed by atoms with Gasteiger partial charge in [0.2, 0.25) is 6.43 Å². The lowest BCUT2D eigenvalue weighted by molar-refractivity contribution is 0.0274. The molecule has 1 atom stereocenters. The maximum absolute atomic E-state index is 11.9. The lowest BCUT2D eigenvalue weighted by Crippen LogP contribution is -2.23. The summed E-state index contributed by atoms with van der Waals surface area (Å²) in [6.07, 6.45) is -2.19. The van der Waals surface area contributed by atoms with Gasteiger partial charge < -0.3 is 0 Å². The molecule has 0 saturated carbocycles. The van der Waals surface area contributed by atoms with E-state index >= 15 is 0 Å². The zero-order valence-corrected chi connectivity index (χ0v) is 6.41. The van der Waals surface area contributed by atoms with Crippen LogP contribution in [0.5, 0.6) is 0 Å². The normalized spacial score (nSPS) is 16.3. The zero-order chi connectivity index (χ0) is 7.65. The summed E-state index contributed by atoms with van der Waals surface area (Å²) < 4.78 is 23.8. The predicted molar refractivity (Wildman–Crippen MR) is 34.6 cm³/mol. The van der Waals surface area contributed by atoms with Gasteiger partial charge in [-0.3, -0.25) is 0 Å². The first-order chi connectivity index (χ1) is 3.85. The molecular weight excluding hydrogens is 122 g/mol. The first-order valence-corrected chi connectivity index (χ1v) is 3.14. The molecule has 2 heteroatoms. The molecule has 0 rings (SSSR count). The summed E-state index contributed by atoms with van der Waals surface area (Å²) in [7, 11) is 0. The predicted octanol–water partition coefficient (Wildman–Crippen LogP) is 2.93. The lowest BCUT2D eigenvalue weighted by Gasteiger charge is -2.25. The van der Waals surface area contributed by atoms with Crippen LogP contribution >= 0.6 is 0 Å². The van der Waals surface area contributed by atoms with Crippen LogP contribution in [0.15, 0.2) is 0 Å². The summed E-state index contributed by atoms with van der Waals surface area (Å²) in [4.78, 5) is 0. The average molecular weight is 136 g/mol. The number of alkyl halides is 2. The molecule has 0 heterocycles. The van der Waals surface area contributed by atoms with Crippen LogP contribution in [0.2, 0.25) is 0 Å². The molecule has 0 amide bonds. The molecule has 0 saturated heterocycles. The van der Waals surface area contributed by atoms with Crippen LogP contribution in [0.3, 0.4) is 0 Å². The lowest BCUT2D eigenvalue weighted by atomic mass is 9.82. The van der Waals surface area contributed by atoms with Crippen LogP contribution in [0.4, 0.5) is 8.78 Å². The summed E-state index contributed by atoms with van der Waals surface area (Å²) in [5.74, 6) is -0.516. The Kier molecular flexibility index (Phi) is 2.59. The Morgan fingerprint density at radius 3 is 1.44 bits per heavy atom. The highest BCUT2D eigenvalue weighted by atomic mass is 19.3. The van der Waals surface area contributed by atoms with Crippen molar-refractivity contribution in [3.63, 3.8) is 0 Å². The SMILES string of the molecule is CC(C(F)F)C(C)(C)C. The summed E-state index contributed by atoms with van der Waals surface area (Å²) in [5, 5.41) is 0. The van der Waals surface area contributed by atoms with Crippen molar-refractivity contribution in [1.29, 1.82) is 0 Å². The molecule has 1 unspecified atom stereocenters. The van der Waals surface area contributed by atoms with E-state index in [1.165, 1.54) is 0 Å². The first-order valence-electron chi connectivity index (χ1n) is 3.14. The van der Waals surface area contributed by atoms with E-state index in [2.05, 4.69) is 0 Å². The van der Waals surface area contributed by atoms with Gasteiger partial charge in [0.25, 0.3) is 0 Å². The van der Waals surface area contributed by atoms with Crippen LogP contribution in [-0.4, -0.2) is 6.43 Å². The van der Waals surface area contributed by atoms with Gasteiger partial charge in [-0.1, -0.05) is 27.7 Å².